The molecule has 0 aliphatic carbocycles. The predicted molar refractivity (Wildman–Crippen MR) is 99.5 cm³/mol. The van der Waals surface area contributed by atoms with Gasteiger partial charge in [0.2, 0.25) is 0 Å². The Hall–Kier alpha value is -1.68. The lowest BCUT2D eigenvalue weighted by Gasteiger charge is -2.25. The van der Waals surface area contributed by atoms with Crippen LogP contribution in [0.5, 0.6) is 0 Å². The number of benzene rings is 2. The molecule has 12 heteroatoms. The average molecular weight is 477 g/mol. The summed E-state index contributed by atoms with van der Waals surface area (Å²) >= 11 is 17.6. The molecule has 0 heterocycles. The zero-order valence-electron chi connectivity index (χ0n) is 13.9. The summed E-state index contributed by atoms with van der Waals surface area (Å²) in [5.41, 5.74) is -1.70. The fourth-order valence-electron chi connectivity index (χ4n) is 2.13. The molecule has 0 bridgehead atoms. The number of sulfonamides is 1. The molecule has 0 unspecified atom stereocenters. The van der Waals surface area contributed by atoms with Gasteiger partial charge in [0.25, 0.3) is 10.0 Å². The van der Waals surface area contributed by atoms with E-state index in [4.69, 9.17) is 34.8 Å². The first-order valence-corrected chi connectivity index (χ1v) is 9.86. The number of carbonyl (C=O) groups excluding carboxylic acids is 1. The summed E-state index contributed by atoms with van der Waals surface area (Å²) in [6, 6.07) is 5.39. The van der Waals surface area contributed by atoms with Crippen molar-refractivity contribution in [1.29, 1.82) is 0 Å². The number of anilines is 1. The molecule has 0 atom stereocenters. The van der Waals surface area contributed by atoms with Gasteiger partial charge in [0.1, 0.15) is 6.54 Å². The first kappa shape index (κ1) is 22.6. The van der Waals surface area contributed by atoms with Gasteiger partial charge >= 0.3 is 12.1 Å². The van der Waals surface area contributed by atoms with Crippen LogP contribution in [0.4, 0.5) is 18.9 Å². The number of rotatable bonds is 5. The second kappa shape index (κ2) is 8.36. The van der Waals surface area contributed by atoms with Crippen molar-refractivity contribution < 1.29 is 31.1 Å². The molecule has 0 saturated carbocycles. The highest BCUT2D eigenvalue weighted by molar-refractivity contribution is 7.92. The van der Waals surface area contributed by atoms with Gasteiger partial charge in [-0.05, 0) is 36.4 Å². The molecule has 0 spiro atoms. The Morgan fingerprint density at radius 2 is 1.64 bits per heavy atom. The Labute approximate surface area is 173 Å². The molecule has 152 valence electrons. The van der Waals surface area contributed by atoms with E-state index in [1.807, 2.05) is 0 Å². The number of methoxy groups -OCH3 is 1. The SMILES string of the molecule is COC(=O)CN(c1cc(C(F)(F)F)ccc1Cl)S(=O)(=O)c1ccc(Cl)c(Cl)c1. The molecular formula is C16H11Cl3F3NO4S. The molecule has 0 aliphatic heterocycles. The number of halogens is 6. The maximum Gasteiger partial charge on any atom is 0.416 e. The largest absolute Gasteiger partial charge is 0.468 e. The van der Waals surface area contributed by atoms with Crippen LogP contribution in [0.25, 0.3) is 0 Å². The summed E-state index contributed by atoms with van der Waals surface area (Å²) in [4.78, 5) is 11.3. The average Bonchev–Trinajstić information content (AvgIpc) is 2.61. The summed E-state index contributed by atoms with van der Waals surface area (Å²) in [6.45, 7) is -0.917. The monoisotopic (exact) mass is 475 g/mol. The zero-order valence-corrected chi connectivity index (χ0v) is 17.0. The molecular weight excluding hydrogens is 466 g/mol. The Morgan fingerprint density at radius 3 is 2.18 bits per heavy atom. The second-order valence-electron chi connectivity index (χ2n) is 5.33. The first-order chi connectivity index (χ1) is 12.9. The number of hydrogen-bond donors (Lipinski definition) is 0. The van der Waals surface area contributed by atoms with Crippen molar-refractivity contribution in [3.63, 3.8) is 0 Å². The van der Waals surface area contributed by atoms with Gasteiger partial charge in [-0.3, -0.25) is 9.10 Å². The van der Waals surface area contributed by atoms with Gasteiger partial charge < -0.3 is 4.74 Å². The molecule has 28 heavy (non-hydrogen) atoms. The highest BCUT2D eigenvalue weighted by Crippen LogP contribution is 2.38. The lowest BCUT2D eigenvalue weighted by molar-refractivity contribution is -0.139. The smallest absolute Gasteiger partial charge is 0.416 e. The molecule has 0 aliphatic rings. The molecule has 2 aromatic carbocycles. The third-order valence-electron chi connectivity index (χ3n) is 3.52. The van der Waals surface area contributed by atoms with Crippen molar-refractivity contribution in [2.45, 2.75) is 11.1 Å². The fourth-order valence-corrected chi connectivity index (χ4v) is 4.21. The van der Waals surface area contributed by atoms with Gasteiger partial charge in [0.15, 0.2) is 0 Å². The number of hydrogen-bond acceptors (Lipinski definition) is 4. The van der Waals surface area contributed by atoms with E-state index in [2.05, 4.69) is 4.74 Å². The lowest BCUT2D eigenvalue weighted by atomic mass is 10.2. The fraction of sp³-hybridized carbons (Fsp3) is 0.188. The maximum atomic E-state index is 13.1. The normalized spacial score (nSPS) is 12.0. The van der Waals surface area contributed by atoms with E-state index in [1.165, 1.54) is 6.07 Å². The summed E-state index contributed by atoms with van der Waals surface area (Å²) < 4.78 is 70.2. The van der Waals surface area contributed by atoms with Gasteiger partial charge in [-0.1, -0.05) is 34.8 Å². The van der Waals surface area contributed by atoms with Crippen LogP contribution in [-0.4, -0.2) is 28.0 Å². The Morgan fingerprint density at radius 1 is 1.04 bits per heavy atom. The van der Waals surface area contributed by atoms with Crippen LogP contribution >= 0.6 is 34.8 Å². The third-order valence-corrected chi connectivity index (χ3v) is 6.34. The molecule has 2 aromatic rings. The van der Waals surface area contributed by atoms with Crippen LogP contribution in [0.1, 0.15) is 5.56 Å². The van der Waals surface area contributed by atoms with Crippen molar-refractivity contribution in [3.05, 3.63) is 57.0 Å². The molecule has 0 radical (unpaired) electrons. The quantitative estimate of drug-likeness (QED) is 0.568. The number of ether oxygens (including phenoxy) is 1. The Bertz CT molecular complexity index is 1010. The van der Waals surface area contributed by atoms with Crippen LogP contribution in [0.15, 0.2) is 41.3 Å². The molecule has 5 nitrogen and oxygen atoms in total. The van der Waals surface area contributed by atoms with Crippen LogP contribution in [0.2, 0.25) is 15.1 Å². The molecule has 0 aromatic heterocycles. The van der Waals surface area contributed by atoms with E-state index in [1.54, 1.807) is 0 Å². The van der Waals surface area contributed by atoms with E-state index < -0.39 is 44.9 Å². The lowest BCUT2D eigenvalue weighted by Crippen LogP contribution is -2.36. The van der Waals surface area contributed by atoms with Crippen LogP contribution in [-0.2, 0) is 25.7 Å². The zero-order chi connectivity index (χ0) is 21.3. The summed E-state index contributed by atoms with van der Waals surface area (Å²) in [5.74, 6) is -1.02. The maximum absolute atomic E-state index is 13.1. The second-order valence-corrected chi connectivity index (χ2v) is 8.41. The van der Waals surface area contributed by atoms with E-state index >= 15 is 0 Å². The predicted octanol–water partition coefficient (Wildman–Crippen LogP) is 5.03. The van der Waals surface area contributed by atoms with Crippen molar-refractivity contribution in [3.8, 4) is 0 Å². The minimum atomic E-state index is -4.76. The Kier molecular flexibility index (Phi) is 6.75. The van der Waals surface area contributed by atoms with E-state index in [-0.39, 0.29) is 15.1 Å². The van der Waals surface area contributed by atoms with Crippen molar-refractivity contribution >= 4 is 56.5 Å². The van der Waals surface area contributed by atoms with Crippen LogP contribution in [0.3, 0.4) is 0 Å². The highest BCUT2D eigenvalue weighted by Gasteiger charge is 2.34. The Balaban J connectivity index is 2.69. The summed E-state index contributed by atoms with van der Waals surface area (Å²) in [7, 11) is -3.55. The molecule has 0 N–H and O–H groups in total. The van der Waals surface area contributed by atoms with E-state index in [9.17, 15) is 26.4 Å². The topological polar surface area (TPSA) is 63.7 Å². The summed E-state index contributed by atoms with van der Waals surface area (Å²) in [5, 5.41) is -0.353. The van der Waals surface area contributed by atoms with Crippen LogP contribution < -0.4 is 4.31 Å². The molecule has 2 rings (SSSR count). The molecule has 0 saturated heterocycles. The minimum Gasteiger partial charge on any atom is -0.468 e. The standard InChI is InChI=1S/C16H11Cl3F3NO4S/c1-27-15(24)8-23(14-6-9(16(20,21)22)2-4-12(14)18)28(25,26)10-3-5-11(17)13(19)7-10/h2-7H,8H2,1H3. The van der Waals surface area contributed by atoms with Gasteiger partial charge in [-0.25, -0.2) is 8.42 Å². The van der Waals surface area contributed by atoms with Crippen LogP contribution in [0, 0.1) is 0 Å². The highest BCUT2D eigenvalue weighted by atomic mass is 35.5. The number of nitrogens with zero attached hydrogens (tertiary/aromatic N) is 1. The van der Waals surface area contributed by atoms with E-state index in [0.29, 0.717) is 16.4 Å². The van der Waals surface area contributed by atoms with Gasteiger partial charge in [-0.2, -0.15) is 13.2 Å². The van der Waals surface area contributed by atoms with Gasteiger partial charge in [0.05, 0.1) is 38.3 Å². The van der Waals surface area contributed by atoms with Gasteiger partial charge in [-0.15, -0.1) is 0 Å². The van der Waals surface area contributed by atoms with E-state index in [0.717, 1.165) is 25.3 Å². The third kappa shape index (κ3) is 4.83. The first-order valence-electron chi connectivity index (χ1n) is 7.29. The van der Waals surface area contributed by atoms with Gasteiger partial charge in [0, 0.05) is 0 Å². The number of carbonyl (C=O) groups is 1. The van der Waals surface area contributed by atoms with Crippen molar-refractivity contribution in [2.24, 2.45) is 0 Å². The molecule has 0 amide bonds. The number of esters is 1. The summed E-state index contributed by atoms with van der Waals surface area (Å²) in [6.07, 6.45) is -4.76. The molecule has 0 fully saturated rings. The number of alkyl halides is 3. The van der Waals surface area contributed by atoms with Crippen molar-refractivity contribution in [2.75, 3.05) is 18.0 Å². The minimum absolute atomic E-state index is 0.0669. The van der Waals surface area contributed by atoms with Crippen molar-refractivity contribution in [1.82, 2.24) is 0 Å².